The summed E-state index contributed by atoms with van der Waals surface area (Å²) in [6, 6.07) is 0. The Labute approximate surface area is 154 Å². The Morgan fingerprint density at radius 2 is 2.12 bits per heavy atom. The average Bonchev–Trinajstić information content (AvgIpc) is 2.76. The number of hydrogen-bond acceptors (Lipinski definition) is 6. The van der Waals surface area contributed by atoms with E-state index in [0.29, 0.717) is 6.42 Å². The van der Waals surface area contributed by atoms with Crippen molar-refractivity contribution in [1.82, 2.24) is 0 Å². The quantitative estimate of drug-likeness (QED) is 0.611. The summed E-state index contributed by atoms with van der Waals surface area (Å²) in [6.07, 6.45) is 2.27. The topological polar surface area (TPSA) is 89.9 Å². The fourth-order valence-electron chi connectivity index (χ4n) is 3.47. The lowest BCUT2D eigenvalue weighted by atomic mass is 9.79. The average molecular weight is 364 g/mol. The van der Waals surface area contributed by atoms with Gasteiger partial charge in [-0.1, -0.05) is 33.4 Å². The zero-order valence-electron chi connectivity index (χ0n) is 15.9. The van der Waals surface area contributed by atoms with Crippen molar-refractivity contribution in [2.75, 3.05) is 0 Å². The van der Waals surface area contributed by atoms with Crippen molar-refractivity contribution in [1.29, 1.82) is 0 Å². The number of carbonyl (C=O) groups excluding carboxylic acids is 3. The SMILES string of the molecule is C=C1C(=O)OC2CC(C)C=CC(=O)C(C)(O)CC(OC(=O)CC(C)C)C12. The van der Waals surface area contributed by atoms with Crippen molar-refractivity contribution in [2.45, 2.75) is 64.8 Å². The minimum atomic E-state index is -1.72. The minimum Gasteiger partial charge on any atom is -0.461 e. The molecule has 0 aromatic carbocycles. The third-order valence-corrected chi connectivity index (χ3v) is 4.89. The van der Waals surface area contributed by atoms with Crippen molar-refractivity contribution in [3.63, 3.8) is 0 Å². The summed E-state index contributed by atoms with van der Waals surface area (Å²) in [4.78, 5) is 36.7. The smallest absolute Gasteiger partial charge is 0.334 e. The van der Waals surface area contributed by atoms with Gasteiger partial charge in [0, 0.05) is 18.4 Å². The molecule has 1 N–H and O–H groups in total. The number of ketones is 1. The van der Waals surface area contributed by atoms with E-state index in [1.165, 1.54) is 13.0 Å². The largest absolute Gasteiger partial charge is 0.461 e. The molecule has 0 bridgehead atoms. The molecule has 6 nitrogen and oxygen atoms in total. The van der Waals surface area contributed by atoms with Gasteiger partial charge in [-0.2, -0.15) is 0 Å². The van der Waals surface area contributed by atoms with Crippen LogP contribution < -0.4 is 0 Å². The first kappa shape index (κ1) is 20.4. The molecular weight excluding hydrogens is 336 g/mol. The van der Waals surface area contributed by atoms with E-state index in [1.54, 1.807) is 6.08 Å². The van der Waals surface area contributed by atoms with Gasteiger partial charge in [-0.15, -0.1) is 0 Å². The number of esters is 2. The van der Waals surface area contributed by atoms with E-state index < -0.39 is 41.4 Å². The highest BCUT2D eigenvalue weighted by Gasteiger charge is 2.48. The van der Waals surface area contributed by atoms with Crippen LogP contribution in [0.15, 0.2) is 24.3 Å². The molecule has 1 fully saturated rings. The number of aliphatic hydroxyl groups is 1. The molecule has 0 spiro atoms. The monoisotopic (exact) mass is 364 g/mol. The lowest BCUT2D eigenvalue weighted by molar-refractivity contribution is -0.160. The molecule has 2 rings (SSSR count). The van der Waals surface area contributed by atoms with E-state index in [-0.39, 0.29) is 30.3 Å². The second kappa shape index (κ2) is 7.74. The maximum atomic E-state index is 12.3. The van der Waals surface area contributed by atoms with Gasteiger partial charge in [-0.3, -0.25) is 9.59 Å². The Morgan fingerprint density at radius 1 is 1.46 bits per heavy atom. The van der Waals surface area contributed by atoms with Gasteiger partial charge in [-0.25, -0.2) is 4.79 Å². The molecule has 0 aromatic rings. The first-order valence-electron chi connectivity index (χ1n) is 9.05. The van der Waals surface area contributed by atoms with Crippen LogP contribution in [0.3, 0.4) is 0 Å². The predicted octanol–water partition coefficient (Wildman–Crippen LogP) is 2.35. The van der Waals surface area contributed by atoms with Gasteiger partial charge in [0.25, 0.3) is 0 Å². The lowest BCUT2D eigenvalue weighted by Crippen LogP contribution is -2.44. The highest BCUT2D eigenvalue weighted by molar-refractivity contribution is 5.96. The van der Waals surface area contributed by atoms with Crippen LogP contribution >= 0.6 is 0 Å². The second-order valence-corrected chi connectivity index (χ2v) is 8.04. The van der Waals surface area contributed by atoms with Gasteiger partial charge >= 0.3 is 11.9 Å². The highest BCUT2D eigenvalue weighted by atomic mass is 16.6. The maximum absolute atomic E-state index is 12.3. The van der Waals surface area contributed by atoms with Crippen LogP contribution in [-0.4, -0.2) is 40.6 Å². The number of fused-ring (bicyclic) bond motifs is 1. The number of ether oxygens (including phenoxy) is 2. The molecule has 0 radical (unpaired) electrons. The summed E-state index contributed by atoms with van der Waals surface area (Å²) in [7, 11) is 0. The van der Waals surface area contributed by atoms with Crippen molar-refractivity contribution >= 4 is 17.7 Å². The zero-order valence-corrected chi connectivity index (χ0v) is 15.9. The summed E-state index contributed by atoms with van der Waals surface area (Å²) in [6.45, 7) is 10.9. The molecule has 0 aromatic heterocycles. The van der Waals surface area contributed by atoms with Crippen LogP contribution in [0.5, 0.6) is 0 Å². The van der Waals surface area contributed by atoms with Crippen LogP contribution in [0, 0.1) is 17.8 Å². The van der Waals surface area contributed by atoms with Gasteiger partial charge in [0.1, 0.15) is 17.8 Å². The van der Waals surface area contributed by atoms with Gasteiger partial charge in [0.15, 0.2) is 5.78 Å². The summed E-state index contributed by atoms with van der Waals surface area (Å²) in [5.41, 5.74) is -1.50. The van der Waals surface area contributed by atoms with Crippen molar-refractivity contribution in [3.05, 3.63) is 24.3 Å². The Hall–Kier alpha value is -1.95. The van der Waals surface area contributed by atoms with Crippen molar-refractivity contribution in [2.24, 2.45) is 17.8 Å². The molecular formula is C20H28O6. The van der Waals surface area contributed by atoms with E-state index in [9.17, 15) is 19.5 Å². The summed E-state index contributed by atoms with van der Waals surface area (Å²) < 4.78 is 11.1. The molecule has 26 heavy (non-hydrogen) atoms. The number of rotatable bonds is 3. The Kier molecular flexibility index (Phi) is 6.06. The van der Waals surface area contributed by atoms with Crippen molar-refractivity contribution < 1.29 is 29.0 Å². The lowest BCUT2D eigenvalue weighted by Gasteiger charge is -2.33. The van der Waals surface area contributed by atoms with E-state index in [4.69, 9.17) is 9.47 Å². The highest BCUT2D eigenvalue weighted by Crippen LogP contribution is 2.38. The molecule has 144 valence electrons. The minimum absolute atomic E-state index is 0.0499. The van der Waals surface area contributed by atoms with Crippen LogP contribution in [0.2, 0.25) is 0 Å². The Morgan fingerprint density at radius 3 is 2.73 bits per heavy atom. The van der Waals surface area contributed by atoms with E-state index >= 15 is 0 Å². The molecule has 1 heterocycles. The first-order valence-corrected chi connectivity index (χ1v) is 9.05. The summed E-state index contributed by atoms with van der Waals surface area (Å²) >= 11 is 0. The van der Waals surface area contributed by atoms with Gasteiger partial charge in [0.2, 0.25) is 0 Å². The molecule has 1 aliphatic carbocycles. The molecule has 1 saturated heterocycles. The maximum Gasteiger partial charge on any atom is 0.334 e. The fourth-order valence-corrected chi connectivity index (χ4v) is 3.47. The van der Waals surface area contributed by atoms with Crippen LogP contribution in [0.1, 0.15) is 47.0 Å². The molecule has 2 aliphatic rings. The second-order valence-electron chi connectivity index (χ2n) is 8.04. The zero-order chi connectivity index (χ0) is 19.6. The predicted molar refractivity (Wildman–Crippen MR) is 95.0 cm³/mol. The number of carbonyl (C=O) groups is 3. The molecule has 0 saturated carbocycles. The van der Waals surface area contributed by atoms with Gasteiger partial charge < -0.3 is 14.6 Å². The van der Waals surface area contributed by atoms with Gasteiger partial charge in [-0.05, 0) is 31.3 Å². The standard InChI is InChI=1S/C20H28O6/c1-11(2)8-17(22)25-15-10-20(5,24)16(21)7-6-12(3)9-14-18(15)13(4)19(23)26-14/h6-7,11-12,14-15,18,24H,4,8-10H2,1-3,5H3. The van der Waals surface area contributed by atoms with Gasteiger partial charge in [0.05, 0.1) is 5.92 Å². The summed E-state index contributed by atoms with van der Waals surface area (Å²) in [5.74, 6) is -1.93. The third kappa shape index (κ3) is 4.61. The van der Waals surface area contributed by atoms with Crippen LogP contribution in [0.25, 0.3) is 0 Å². The van der Waals surface area contributed by atoms with Crippen molar-refractivity contribution in [3.8, 4) is 0 Å². The molecule has 5 unspecified atom stereocenters. The molecule has 5 atom stereocenters. The van der Waals surface area contributed by atoms with E-state index in [1.807, 2.05) is 20.8 Å². The van der Waals surface area contributed by atoms with E-state index in [2.05, 4.69) is 6.58 Å². The Bertz CT molecular complexity index is 630. The van der Waals surface area contributed by atoms with Crippen LogP contribution in [0.4, 0.5) is 0 Å². The molecule has 0 amide bonds. The Balaban J connectivity index is 2.39. The van der Waals surface area contributed by atoms with E-state index in [0.717, 1.165) is 0 Å². The normalized spacial score (nSPS) is 35.2. The van der Waals surface area contributed by atoms with Crippen LogP contribution in [-0.2, 0) is 23.9 Å². The first-order chi connectivity index (χ1) is 12.0. The third-order valence-electron chi connectivity index (χ3n) is 4.89. The number of allylic oxidation sites excluding steroid dienone is 1. The molecule has 1 aliphatic heterocycles. The number of hydrogen-bond donors (Lipinski definition) is 1. The summed E-state index contributed by atoms with van der Waals surface area (Å²) in [5, 5.41) is 10.6. The molecule has 6 heteroatoms. The fraction of sp³-hybridized carbons (Fsp3) is 0.650.